The Labute approximate surface area is 201 Å². The molecule has 10 heteroatoms. The molecule has 0 aliphatic carbocycles. The fourth-order valence-electron chi connectivity index (χ4n) is 5.03. The van der Waals surface area contributed by atoms with E-state index in [1.54, 1.807) is 18.2 Å². The number of hydrogen-bond donors (Lipinski definition) is 1. The lowest BCUT2D eigenvalue weighted by Gasteiger charge is -2.39. The van der Waals surface area contributed by atoms with Crippen LogP contribution < -0.4 is 10.2 Å². The number of fused-ring (bicyclic) bond motifs is 1. The normalized spacial score (nSPS) is 24.7. The van der Waals surface area contributed by atoms with Gasteiger partial charge in [-0.3, -0.25) is 14.5 Å². The minimum Gasteiger partial charge on any atom is -0.353 e. The van der Waals surface area contributed by atoms with Crippen molar-refractivity contribution in [3.8, 4) is 0 Å². The second-order valence-corrected chi connectivity index (χ2v) is 12.2. The highest BCUT2D eigenvalue weighted by Gasteiger charge is 2.32. The van der Waals surface area contributed by atoms with Crippen LogP contribution in [0, 0.1) is 0 Å². The maximum atomic E-state index is 13.0. The van der Waals surface area contributed by atoms with Gasteiger partial charge in [0.2, 0.25) is 21.8 Å². The Balaban J connectivity index is 1.43. The minimum atomic E-state index is -3.60. The molecule has 0 unspecified atom stereocenters. The predicted octanol–water partition coefficient (Wildman–Crippen LogP) is 2.29. The average molecular weight is 495 g/mol. The Kier molecular flexibility index (Phi) is 7.67. The van der Waals surface area contributed by atoms with Crippen molar-refractivity contribution in [1.82, 2.24) is 14.5 Å². The molecule has 2 atom stereocenters. The SMILES string of the molecule is C[C@H]1CCC[C@H](C)N1CCNC(=O)CN1C(=O)CSc2ccc(S(=O)(=O)N3CCCC3)cc21. The number of thioether (sulfide) groups is 1. The first kappa shape index (κ1) is 24.5. The van der Waals surface area contributed by atoms with E-state index in [1.807, 2.05) is 0 Å². The number of nitrogens with one attached hydrogen (secondary N) is 1. The van der Waals surface area contributed by atoms with Crippen molar-refractivity contribution in [1.29, 1.82) is 0 Å². The van der Waals surface area contributed by atoms with Crippen molar-refractivity contribution in [2.24, 2.45) is 0 Å². The number of carbonyl (C=O) groups is 2. The lowest BCUT2D eigenvalue weighted by Crippen LogP contribution is -2.49. The molecule has 8 nitrogen and oxygen atoms in total. The average Bonchev–Trinajstić information content (AvgIpc) is 3.33. The molecule has 4 rings (SSSR count). The number of anilines is 1. The van der Waals surface area contributed by atoms with Gasteiger partial charge in [0.1, 0.15) is 6.54 Å². The van der Waals surface area contributed by atoms with Gasteiger partial charge in [-0.2, -0.15) is 4.31 Å². The van der Waals surface area contributed by atoms with Gasteiger partial charge < -0.3 is 10.2 Å². The van der Waals surface area contributed by atoms with E-state index in [9.17, 15) is 18.0 Å². The molecule has 1 aromatic rings. The van der Waals surface area contributed by atoms with Crippen molar-refractivity contribution in [2.75, 3.05) is 43.4 Å². The molecule has 0 saturated carbocycles. The fourth-order valence-corrected chi connectivity index (χ4v) is 7.49. The highest BCUT2D eigenvalue weighted by atomic mass is 32.2. The van der Waals surface area contributed by atoms with Crippen LogP contribution in [0.15, 0.2) is 28.0 Å². The molecular formula is C23H34N4O4S2. The standard InChI is InChI=1S/C23H34N4O4S2/c1-17-6-5-7-18(2)26(17)13-10-24-22(28)15-27-20-14-19(8-9-21(20)32-16-23(27)29)33(30,31)25-11-3-4-12-25/h8-9,14,17-18H,3-7,10-13,15-16H2,1-2H3,(H,24,28)/t17-,18-/m0/s1. The molecule has 3 aliphatic rings. The summed E-state index contributed by atoms with van der Waals surface area (Å²) in [6, 6.07) is 5.93. The number of nitrogens with zero attached hydrogens (tertiary/aromatic N) is 3. The van der Waals surface area contributed by atoms with Crippen LogP contribution in [0.5, 0.6) is 0 Å². The third-order valence-electron chi connectivity index (χ3n) is 6.95. The summed E-state index contributed by atoms with van der Waals surface area (Å²) in [5, 5.41) is 2.95. The van der Waals surface area contributed by atoms with E-state index in [0.29, 0.717) is 37.4 Å². The molecule has 0 bridgehead atoms. The molecule has 3 aliphatic heterocycles. The zero-order valence-electron chi connectivity index (χ0n) is 19.5. The molecule has 2 saturated heterocycles. The summed E-state index contributed by atoms with van der Waals surface area (Å²) < 4.78 is 27.5. The summed E-state index contributed by atoms with van der Waals surface area (Å²) in [6.45, 7) is 6.71. The Hall–Kier alpha value is -1.62. The largest absolute Gasteiger partial charge is 0.353 e. The highest BCUT2D eigenvalue weighted by molar-refractivity contribution is 8.00. The van der Waals surface area contributed by atoms with Crippen LogP contribution in [0.1, 0.15) is 46.0 Å². The number of rotatable bonds is 7. The van der Waals surface area contributed by atoms with Crippen LogP contribution in [0.2, 0.25) is 0 Å². The van der Waals surface area contributed by atoms with Gasteiger partial charge in [-0.15, -0.1) is 11.8 Å². The third-order valence-corrected chi connectivity index (χ3v) is 9.89. The summed E-state index contributed by atoms with van der Waals surface area (Å²) in [7, 11) is -3.60. The smallest absolute Gasteiger partial charge is 0.243 e. The zero-order chi connectivity index (χ0) is 23.6. The maximum absolute atomic E-state index is 13.0. The Morgan fingerprint density at radius 2 is 1.82 bits per heavy atom. The topological polar surface area (TPSA) is 90.0 Å². The van der Waals surface area contributed by atoms with E-state index in [1.165, 1.54) is 40.2 Å². The van der Waals surface area contributed by atoms with E-state index in [0.717, 1.165) is 24.3 Å². The number of hydrogen-bond acceptors (Lipinski definition) is 6. The van der Waals surface area contributed by atoms with Gasteiger partial charge in [0.15, 0.2) is 0 Å². The summed E-state index contributed by atoms with van der Waals surface area (Å²) in [5.41, 5.74) is 0.505. The van der Waals surface area contributed by atoms with E-state index < -0.39 is 10.0 Å². The molecule has 182 valence electrons. The molecule has 3 heterocycles. The molecule has 33 heavy (non-hydrogen) atoms. The first-order chi connectivity index (χ1) is 15.8. The van der Waals surface area contributed by atoms with Gasteiger partial charge in [-0.25, -0.2) is 8.42 Å². The predicted molar refractivity (Wildman–Crippen MR) is 130 cm³/mol. The maximum Gasteiger partial charge on any atom is 0.243 e. The second kappa shape index (κ2) is 10.3. The number of likely N-dealkylation sites (tertiary alicyclic amines) is 1. The van der Waals surface area contributed by atoms with Crippen molar-refractivity contribution in [3.05, 3.63) is 18.2 Å². The van der Waals surface area contributed by atoms with E-state index in [2.05, 4.69) is 24.1 Å². The van der Waals surface area contributed by atoms with Crippen LogP contribution in [0.4, 0.5) is 5.69 Å². The van der Waals surface area contributed by atoms with E-state index >= 15 is 0 Å². The van der Waals surface area contributed by atoms with E-state index in [-0.39, 0.29) is 29.0 Å². The van der Waals surface area contributed by atoms with Gasteiger partial charge in [-0.1, -0.05) is 6.42 Å². The van der Waals surface area contributed by atoms with Crippen LogP contribution in [0.3, 0.4) is 0 Å². The lowest BCUT2D eigenvalue weighted by atomic mass is 9.98. The molecule has 0 spiro atoms. The number of piperidine rings is 1. The van der Waals surface area contributed by atoms with E-state index in [4.69, 9.17) is 0 Å². The van der Waals surface area contributed by atoms with Crippen LogP contribution in [-0.4, -0.2) is 80.0 Å². The van der Waals surface area contributed by atoms with Crippen LogP contribution in [0.25, 0.3) is 0 Å². The monoisotopic (exact) mass is 494 g/mol. The molecule has 2 fully saturated rings. The number of carbonyl (C=O) groups excluding carboxylic acids is 2. The quantitative estimate of drug-likeness (QED) is 0.626. The van der Waals surface area contributed by atoms with Gasteiger partial charge in [-0.05, 0) is 57.7 Å². The summed E-state index contributed by atoms with van der Waals surface area (Å²) in [6.07, 6.45) is 5.32. The summed E-state index contributed by atoms with van der Waals surface area (Å²) in [4.78, 5) is 30.2. The van der Waals surface area contributed by atoms with Gasteiger partial charge in [0, 0.05) is 43.2 Å². The third kappa shape index (κ3) is 5.39. The first-order valence-electron chi connectivity index (χ1n) is 11.9. The molecule has 1 aromatic carbocycles. The van der Waals surface area contributed by atoms with Crippen molar-refractivity contribution < 1.29 is 18.0 Å². The van der Waals surface area contributed by atoms with Crippen molar-refractivity contribution in [3.63, 3.8) is 0 Å². The molecule has 2 amide bonds. The first-order valence-corrected chi connectivity index (χ1v) is 14.3. The zero-order valence-corrected chi connectivity index (χ0v) is 21.1. The Morgan fingerprint density at radius 1 is 1.12 bits per heavy atom. The molecule has 0 radical (unpaired) electrons. The van der Waals surface area contributed by atoms with Crippen molar-refractivity contribution in [2.45, 2.75) is 67.8 Å². The van der Waals surface area contributed by atoms with Crippen LogP contribution >= 0.6 is 11.8 Å². The fraction of sp³-hybridized carbons (Fsp3) is 0.652. The number of amides is 2. The van der Waals surface area contributed by atoms with Crippen LogP contribution in [-0.2, 0) is 19.6 Å². The second-order valence-electron chi connectivity index (χ2n) is 9.23. The molecule has 0 aromatic heterocycles. The van der Waals surface area contributed by atoms with Crippen molar-refractivity contribution >= 4 is 39.3 Å². The van der Waals surface area contributed by atoms with Gasteiger partial charge >= 0.3 is 0 Å². The number of benzene rings is 1. The Morgan fingerprint density at radius 3 is 2.52 bits per heavy atom. The summed E-state index contributed by atoms with van der Waals surface area (Å²) in [5.74, 6) is -0.177. The Bertz CT molecular complexity index is 984. The van der Waals surface area contributed by atoms with Gasteiger partial charge in [0.25, 0.3) is 0 Å². The molecular weight excluding hydrogens is 460 g/mol. The number of sulfonamides is 1. The highest BCUT2D eigenvalue weighted by Crippen LogP contribution is 2.37. The summed E-state index contributed by atoms with van der Waals surface area (Å²) >= 11 is 1.38. The minimum absolute atomic E-state index is 0.106. The molecule has 1 N–H and O–H groups in total. The van der Waals surface area contributed by atoms with Gasteiger partial charge in [0.05, 0.1) is 16.3 Å². The lowest BCUT2D eigenvalue weighted by molar-refractivity contribution is -0.123.